The zero-order valence-corrected chi connectivity index (χ0v) is 24.8. The summed E-state index contributed by atoms with van der Waals surface area (Å²) < 4.78 is 8.20. The molecule has 216 valence electrons. The molecule has 1 aromatic heterocycles. The fraction of sp³-hybridized carbons (Fsp3) is 0.0476. The number of hydrogen-bond acceptors (Lipinski definition) is 2. The van der Waals surface area contributed by atoms with Gasteiger partial charge in [0.2, 0.25) is 0 Å². The van der Waals surface area contributed by atoms with Gasteiger partial charge >= 0.3 is 0 Å². The van der Waals surface area contributed by atoms with Crippen LogP contribution in [0.4, 0.5) is 0 Å². The number of fused-ring (bicyclic) bond motifs is 4. The van der Waals surface area contributed by atoms with Gasteiger partial charge in [0, 0.05) is 39.2 Å². The van der Waals surface area contributed by atoms with Crippen LogP contribution in [0.3, 0.4) is 0 Å². The van der Waals surface area contributed by atoms with Crippen LogP contribution < -0.4 is 10.1 Å². The van der Waals surface area contributed by atoms with Crippen LogP contribution in [0.15, 0.2) is 176 Å². The van der Waals surface area contributed by atoms with Crippen LogP contribution in [0.5, 0.6) is 5.75 Å². The van der Waals surface area contributed by atoms with Crippen molar-refractivity contribution in [1.29, 1.82) is 0 Å². The number of aromatic nitrogens is 1. The Labute approximate surface area is 263 Å². The lowest BCUT2D eigenvalue weighted by atomic mass is 9.83. The van der Waals surface area contributed by atoms with E-state index in [9.17, 15) is 0 Å². The Morgan fingerprint density at radius 1 is 0.711 bits per heavy atom. The fourth-order valence-corrected chi connectivity index (χ4v) is 6.62. The van der Waals surface area contributed by atoms with Gasteiger partial charge in [0.15, 0.2) is 0 Å². The first kappa shape index (κ1) is 26.8. The maximum atomic E-state index is 5.84. The number of nitrogens with zero attached hydrogens (tertiary/aromatic N) is 1. The third-order valence-corrected chi connectivity index (χ3v) is 8.83. The molecule has 2 aliphatic rings. The number of nitrogens with one attached hydrogen (secondary N) is 1. The van der Waals surface area contributed by atoms with Crippen LogP contribution in [-0.2, 0) is 0 Å². The summed E-state index contributed by atoms with van der Waals surface area (Å²) in [5, 5.41) is 6.34. The van der Waals surface area contributed by atoms with Crippen LogP contribution in [0.1, 0.15) is 22.6 Å². The van der Waals surface area contributed by atoms with Gasteiger partial charge in [0.05, 0.1) is 23.3 Å². The second kappa shape index (κ2) is 11.4. The van der Waals surface area contributed by atoms with Crippen molar-refractivity contribution >= 4 is 33.0 Å². The molecule has 0 fully saturated rings. The first-order valence-electron chi connectivity index (χ1n) is 15.4. The second-order valence-electron chi connectivity index (χ2n) is 11.5. The van der Waals surface area contributed by atoms with Crippen LogP contribution in [-0.4, -0.2) is 10.6 Å². The van der Waals surface area contributed by atoms with Crippen molar-refractivity contribution in [3.8, 4) is 11.4 Å². The van der Waals surface area contributed by atoms with Crippen LogP contribution >= 0.6 is 0 Å². The molecular weight excluding hydrogens is 548 g/mol. The van der Waals surface area contributed by atoms with Gasteiger partial charge in [-0.25, -0.2) is 0 Å². The summed E-state index contributed by atoms with van der Waals surface area (Å²) in [4.78, 5) is 0. The van der Waals surface area contributed by atoms with Crippen molar-refractivity contribution in [2.45, 2.75) is 12.0 Å². The maximum absolute atomic E-state index is 5.84. The first-order valence-corrected chi connectivity index (χ1v) is 15.4. The topological polar surface area (TPSA) is 26.2 Å². The monoisotopic (exact) mass is 580 g/mol. The maximum Gasteiger partial charge on any atom is 0.134 e. The quantitative estimate of drug-likeness (QED) is 0.220. The van der Waals surface area contributed by atoms with Gasteiger partial charge in [-0.05, 0) is 65.3 Å². The number of benzene rings is 5. The molecule has 3 heteroatoms. The molecule has 0 spiro atoms. The van der Waals surface area contributed by atoms with Gasteiger partial charge in [-0.1, -0.05) is 116 Å². The van der Waals surface area contributed by atoms with E-state index in [2.05, 4.69) is 144 Å². The molecule has 8 rings (SSSR count). The van der Waals surface area contributed by atoms with Gasteiger partial charge in [-0.15, -0.1) is 0 Å². The summed E-state index contributed by atoms with van der Waals surface area (Å²) in [6.07, 6.45) is 12.7. The predicted octanol–water partition coefficient (Wildman–Crippen LogP) is 9.98. The van der Waals surface area contributed by atoms with Gasteiger partial charge in [0.25, 0.3) is 0 Å². The van der Waals surface area contributed by atoms with Gasteiger partial charge in [-0.3, -0.25) is 0 Å². The largest absolute Gasteiger partial charge is 0.464 e. The highest BCUT2D eigenvalue weighted by Crippen LogP contribution is 2.38. The molecule has 5 aromatic carbocycles. The second-order valence-corrected chi connectivity index (χ2v) is 11.5. The molecule has 6 aromatic rings. The molecule has 1 aliphatic heterocycles. The number of hydrogen-bond donors (Lipinski definition) is 1. The Morgan fingerprint density at radius 2 is 1.44 bits per heavy atom. The van der Waals surface area contributed by atoms with E-state index in [4.69, 9.17) is 4.74 Å². The van der Waals surface area contributed by atoms with E-state index in [1.165, 1.54) is 44.2 Å². The molecule has 2 heterocycles. The van der Waals surface area contributed by atoms with E-state index in [1.54, 1.807) is 6.26 Å². The van der Waals surface area contributed by atoms with Crippen molar-refractivity contribution in [2.75, 3.05) is 0 Å². The minimum absolute atomic E-state index is 0.0313. The summed E-state index contributed by atoms with van der Waals surface area (Å²) in [7, 11) is 0. The number of rotatable bonds is 5. The van der Waals surface area contributed by atoms with E-state index in [-0.39, 0.29) is 12.0 Å². The lowest BCUT2D eigenvalue weighted by Gasteiger charge is -2.30. The minimum atomic E-state index is 0.0313. The molecule has 2 atom stereocenters. The minimum Gasteiger partial charge on any atom is -0.464 e. The lowest BCUT2D eigenvalue weighted by molar-refractivity contribution is 0.479. The van der Waals surface area contributed by atoms with Gasteiger partial charge in [-0.2, -0.15) is 0 Å². The zero-order valence-electron chi connectivity index (χ0n) is 24.8. The fourth-order valence-electron chi connectivity index (χ4n) is 6.62. The Morgan fingerprint density at radius 3 is 2.31 bits per heavy atom. The predicted molar refractivity (Wildman–Crippen MR) is 187 cm³/mol. The molecule has 0 saturated heterocycles. The Balaban J connectivity index is 1.19. The number of ether oxygens (including phenoxy) is 1. The molecule has 0 amide bonds. The Hall–Kier alpha value is -5.80. The van der Waals surface area contributed by atoms with Crippen molar-refractivity contribution in [2.24, 2.45) is 0 Å². The SMILES string of the molecule is C=C1/C(NC2C=CC(c3ccc4c(c3)c3ccccc3n4-c3ccccc3)=CC2c2ccccc2)=C\C=C/Oc2ccccc21. The van der Waals surface area contributed by atoms with Gasteiger partial charge in [0.1, 0.15) is 5.75 Å². The average Bonchev–Trinajstić information content (AvgIpc) is 3.43. The van der Waals surface area contributed by atoms with Gasteiger partial charge < -0.3 is 14.6 Å². The molecular formula is C42H32N2O. The van der Waals surface area contributed by atoms with E-state index in [0.717, 1.165) is 22.6 Å². The highest BCUT2D eigenvalue weighted by atomic mass is 16.5. The molecule has 0 bridgehead atoms. The first-order chi connectivity index (χ1) is 22.2. The smallest absolute Gasteiger partial charge is 0.134 e. The van der Waals surface area contributed by atoms with Crippen molar-refractivity contribution in [3.63, 3.8) is 0 Å². The standard InChI is InChI=1S/C42H32N2O/c1-29-34-17-9-11-21-42(34)45-26-12-19-38(29)43-39-24-22-31(27-36(39)30-13-4-2-5-14-30)32-23-25-41-37(28-32)35-18-8-10-20-40(35)44(41)33-15-6-3-7-16-33/h2-28,36,39,43H,1H2/b26-12-,38-19+. The Bertz CT molecular complexity index is 2180. The molecule has 0 saturated carbocycles. The molecule has 2 unspecified atom stereocenters. The van der Waals surface area contributed by atoms with Crippen molar-refractivity contribution < 1.29 is 4.74 Å². The van der Waals surface area contributed by atoms with E-state index in [0.29, 0.717) is 0 Å². The van der Waals surface area contributed by atoms with E-state index >= 15 is 0 Å². The normalized spacial score (nSPS) is 19.5. The molecule has 1 aliphatic carbocycles. The molecule has 45 heavy (non-hydrogen) atoms. The third-order valence-electron chi connectivity index (χ3n) is 8.83. The van der Waals surface area contributed by atoms with Crippen LogP contribution in [0, 0.1) is 0 Å². The van der Waals surface area contributed by atoms with Crippen LogP contribution in [0.25, 0.3) is 38.6 Å². The van der Waals surface area contributed by atoms with Crippen LogP contribution in [0.2, 0.25) is 0 Å². The van der Waals surface area contributed by atoms with E-state index in [1.807, 2.05) is 30.4 Å². The van der Waals surface area contributed by atoms with E-state index < -0.39 is 0 Å². The average molecular weight is 581 g/mol. The highest BCUT2D eigenvalue weighted by Gasteiger charge is 2.25. The summed E-state index contributed by atoms with van der Waals surface area (Å²) >= 11 is 0. The third kappa shape index (κ3) is 4.89. The number of para-hydroxylation sites is 3. The summed E-state index contributed by atoms with van der Waals surface area (Å²) in [5.41, 5.74) is 10.1. The number of allylic oxidation sites excluding steroid dienone is 5. The molecule has 3 nitrogen and oxygen atoms in total. The van der Waals surface area contributed by atoms with Crippen molar-refractivity contribution in [1.82, 2.24) is 9.88 Å². The Kier molecular flexibility index (Phi) is 6.77. The molecule has 0 radical (unpaired) electrons. The van der Waals surface area contributed by atoms with Crippen molar-refractivity contribution in [3.05, 3.63) is 193 Å². The molecule has 1 N–H and O–H groups in total. The summed E-state index contributed by atoms with van der Waals surface area (Å²) in [6.45, 7) is 4.46. The summed E-state index contributed by atoms with van der Waals surface area (Å²) in [6, 6.07) is 45.0. The lowest BCUT2D eigenvalue weighted by Crippen LogP contribution is -2.34. The highest BCUT2D eigenvalue weighted by molar-refractivity contribution is 6.10. The zero-order chi connectivity index (χ0) is 30.2. The summed E-state index contributed by atoms with van der Waals surface area (Å²) in [5.74, 6) is 0.915.